The monoisotopic (exact) mass is 837 g/mol. The van der Waals surface area contributed by atoms with Gasteiger partial charge >= 0.3 is 23.9 Å². The third kappa shape index (κ3) is 7.65. The highest BCUT2D eigenvalue weighted by atomic mass is 16.6. The quantitative estimate of drug-likeness (QED) is 0.145. The summed E-state index contributed by atoms with van der Waals surface area (Å²) in [5, 5.41) is 26.6. The van der Waals surface area contributed by atoms with Gasteiger partial charge in [0.05, 0.1) is 35.6 Å². The highest BCUT2D eigenvalue weighted by molar-refractivity contribution is 5.96. The molecule has 1 aliphatic heterocycles. The van der Waals surface area contributed by atoms with Crippen LogP contribution in [0.2, 0.25) is 0 Å². The Balaban J connectivity index is 1.36. The molecule has 14 heteroatoms. The van der Waals surface area contributed by atoms with E-state index in [0.717, 1.165) is 6.92 Å². The zero-order valence-electron chi connectivity index (χ0n) is 34.9. The van der Waals surface area contributed by atoms with Crippen molar-refractivity contribution in [3.63, 3.8) is 0 Å². The zero-order valence-corrected chi connectivity index (χ0v) is 34.9. The molecule has 3 aromatic rings. The summed E-state index contributed by atoms with van der Waals surface area (Å²) >= 11 is 0. The average Bonchev–Trinajstić information content (AvgIpc) is 3.23. The minimum atomic E-state index is -1.94. The van der Waals surface area contributed by atoms with E-state index in [-0.39, 0.29) is 30.6 Å². The van der Waals surface area contributed by atoms with Crippen LogP contribution in [0.25, 0.3) is 0 Å². The van der Waals surface area contributed by atoms with E-state index in [1.807, 2.05) is 0 Å². The second-order valence-electron chi connectivity index (χ2n) is 17.2. The van der Waals surface area contributed by atoms with Gasteiger partial charge in [-0.1, -0.05) is 80.6 Å². The summed E-state index contributed by atoms with van der Waals surface area (Å²) in [5.74, 6) is -6.83. The molecule has 14 nitrogen and oxygen atoms in total. The van der Waals surface area contributed by atoms with Crippen molar-refractivity contribution >= 4 is 35.6 Å². The Morgan fingerprint density at radius 2 is 1.39 bits per heavy atom. The minimum absolute atomic E-state index is 0.0642. The van der Waals surface area contributed by atoms with Crippen molar-refractivity contribution in [2.75, 3.05) is 6.61 Å². The van der Waals surface area contributed by atoms with Crippen molar-refractivity contribution in [2.45, 2.75) is 103 Å². The standard InChI is InChI=1S/C47H51NO13/c1-25-32(59-44(56)37(52)36(28-16-10-7-11-17-28)48-42(54)29-18-12-8-13-19-29)22-31-38(60-43(55)30-20-14-9-15-21-30)40-46(6,33(51)23-34-47(40,24-57-34)61-27(3)50)41(53)39(58-26(2)49)35(25)45(31,4)5/h7-21,31-34,36-40,51-52H,22-24H2,1-6H3,(H,48,54)/t31?,32-,33-,34+,36-,37+,38?,39+,40?,46+,47-/m0/s1. The van der Waals surface area contributed by atoms with Gasteiger partial charge in [-0.25, -0.2) is 9.59 Å². The summed E-state index contributed by atoms with van der Waals surface area (Å²) < 4.78 is 30.7. The average molecular weight is 838 g/mol. The fraction of sp³-hybridized carbons (Fsp3) is 0.447. The third-order valence-electron chi connectivity index (χ3n) is 13.3. The minimum Gasteiger partial charge on any atom is -0.458 e. The highest BCUT2D eigenvalue weighted by Crippen LogP contribution is 2.63. The van der Waals surface area contributed by atoms with Gasteiger partial charge < -0.3 is 39.2 Å². The molecule has 0 radical (unpaired) electrons. The number of esters is 4. The Morgan fingerprint density at radius 3 is 1.95 bits per heavy atom. The van der Waals surface area contributed by atoms with E-state index in [4.69, 9.17) is 23.7 Å². The second-order valence-corrected chi connectivity index (χ2v) is 17.2. The maximum Gasteiger partial charge on any atom is 0.338 e. The van der Waals surface area contributed by atoms with Crippen LogP contribution in [0.4, 0.5) is 0 Å². The molecule has 1 amide bonds. The molecule has 0 aromatic heterocycles. The number of hydrogen-bond acceptors (Lipinski definition) is 13. The van der Waals surface area contributed by atoms with Crippen molar-refractivity contribution < 1.29 is 62.7 Å². The number of carbonyl (C=O) groups excluding carboxylic acids is 6. The number of amides is 1. The number of ketones is 1. The Hall–Kier alpha value is -5.70. The molecular weight excluding hydrogens is 787 g/mol. The molecule has 7 rings (SSSR count). The molecule has 2 bridgehead atoms. The molecule has 322 valence electrons. The number of aliphatic hydroxyl groups excluding tert-OH is 2. The first-order valence-electron chi connectivity index (χ1n) is 20.4. The van der Waals surface area contributed by atoms with Gasteiger partial charge in [0.15, 0.2) is 23.6 Å². The van der Waals surface area contributed by atoms with Crippen LogP contribution in [0.5, 0.6) is 0 Å². The lowest BCUT2D eigenvalue weighted by Crippen LogP contribution is -2.79. The van der Waals surface area contributed by atoms with Crippen LogP contribution in [0.1, 0.15) is 86.7 Å². The first-order chi connectivity index (χ1) is 28.9. The molecule has 1 saturated heterocycles. The molecule has 3 unspecified atom stereocenters. The van der Waals surface area contributed by atoms with Crippen LogP contribution in [-0.2, 0) is 42.9 Å². The summed E-state index contributed by atoms with van der Waals surface area (Å²) in [4.78, 5) is 83.3. The molecular formula is C47H51NO13. The first kappa shape index (κ1) is 43.4. The van der Waals surface area contributed by atoms with Gasteiger partial charge in [-0.15, -0.1) is 0 Å². The molecule has 4 aliphatic rings. The van der Waals surface area contributed by atoms with Crippen LogP contribution >= 0.6 is 0 Å². The Labute approximate surface area is 353 Å². The lowest BCUT2D eigenvalue weighted by atomic mass is 9.46. The van der Waals surface area contributed by atoms with Crippen molar-refractivity contribution in [3.05, 3.63) is 119 Å². The Kier molecular flexibility index (Phi) is 11.8. The van der Waals surface area contributed by atoms with E-state index in [0.29, 0.717) is 16.7 Å². The lowest BCUT2D eigenvalue weighted by molar-refractivity contribution is -0.335. The smallest absolute Gasteiger partial charge is 0.338 e. The Bertz CT molecular complexity index is 2230. The van der Waals surface area contributed by atoms with E-state index < -0.39 is 107 Å². The maximum atomic E-state index is 15.5. The number of fused-ring (bicyclic) bond motifs is 5. The fourth-order valence-corrected chi connectivity index (χ4v) is 10.3. The van der Waals surface area contributed by atoms with Gasteiger partial charge in [0.25, 0.3) is 5.91 Å². The molecule has 0 spiro atoms. The van der Waals surface area contributed by atoms with Crippen LogP contribution in [0.15, 0.2) is 102 Å². The van der Waals surface area contributed by atoms with Crippen LogP contribution in [0, 0.1) is 22.7 Å². The van der Waals surface area contributed by atoms with Crippen LogP contribution in [-0.4, -0.2) is 94.6 Å². The summed E-state index contributed by atoms with van der Waals surface area (Å²) in [6.45, 7) is 8.91. The molecule has 2 saturated carbocycles. The molecule has 1 heterocycles. The number of benzene rings is 3. The maximum absolute atomic E-state index is 15.5. The number of ether oxygens (including phenoxy) is 5. The van der Waals surface area contributed by atoms with Crippen molar-refractivity contribution in [1.29, 1.82) is 0 Å². The van der Waals surface area contributed by atoms with Gasteiger partial charge in [0, 0.05) is 31.7 Å². The summed E-state index contributed by atoms with van der Waals surface area (Å²) in [5.41, 5.74) is -3.12. The van der Waals surface area contributed by atoms with Crippen molar-refractivity contribution in [2.24, 2.45) is 22.7 Å². The first-order valence-corrected chi connectivity index (χ1v) is 20.4. The number of nitrogens with one attached hydrogen (secondary N) is 1. The second kappa shape index (κ2) is 16.6. The van der Waals surface area contributed by atoms with E-state index in [2.05, 4.69) is 5.32 Å². The van der Waals surface area contributed by atoms with Crippen molar-refractivity contribution in [3.8, 4) is 0 Å². The predicted molar refractivity (Wildman–Crippen MR) is 216 cm³/mol. The van der Waals surface area contributed by atoms with Crippen LogP contribution in [0.3, 0.4) is 0 Å². The van der Waals surface area contributed by atoms with Gasteiger partial charge in [-0.3, -0.25) is 19.2 Å². The van der Waals surface area contributed by atoms with Crippen LogP contribution < -0.4 is 5.32 Å². The summed E-state index contributed by atoms with van der Waals surface area (Å²) in [6.07, 6.45) is -8.64. The van der Waals surface area contributed by atoms with Gasteiger partial charge in [0.2, 0.25) is 0 Å². The number of rotatable bonds is 10. The topological polar surface area (TPSA) is 201 Å². The van der Waals surface area contributed by atoms with Crippen molar-refractivity contribution in [1.82, 2.24) is 5.32 Å². The number of aliphatic hydroxyl groups is 2. The predicted octanol–water partition coefficient (Wildman–Crippen LogP) is 4.62. The molecule has 3 N–H and O–H groups in total. The molecule has 3 fully saturated rings. The zero-order chi connectivity index (χ0) is 44.0. The van der Waals surface area contributed by atoms with E-state index in [1.54, 1.807) is 112 Å². The van der Waals surface area contributed by atoms with Gasteiger partial charge in [0.1, 0.15) is 18.3 Å². The Morgan fingerprint density at radius 1 is 0.803 bits per heavy atom. The summed E-state index contributed by atoms with van der Waals surface area (Å²) in [7, 11) is 0. The SMILES string of the molecule is CC(=O)O[C@H]1C(=O)[C@@]2(C)C(C(OC(=O)c3ccccc3)C3C[C@H](OC(=O)[C@H](O)[C@@H](NC(=O)c4ccccc4)c4ccccc4)C(C)=C1C3(C)C)[C@]1(OC(C)=O)CO[C@@H]1C[C@@H]2O. The lowest BCUT2D eigenvalue weighted by Gasteiger charge is -2.66. The number of carbonyl (C=O) groups is 6. The largest absolute Gasteiger partial charge is 0.458 e. The highest BCUT2D eigenvalue weighted by Gasteiger charge is 2.75. The molecule has 11 atom stereocenters. The molecule has 3 aliphatic carbocycles. The number of Topliss-reactive ketones (excluding diaryl/α,β-unsaturated/α-hetero) is 1. The summed E-state index contributed by atoms with van der Waals surface area (Å²) in [6, 6.07) is 23.6. The van der Waals surface area contributed by atoms with Gasteiger partial charge in [-0.05, 0) is 66.7 Å². The molecule has 61 heavy (non-hydrogen) atoms. The number of hydrogen-bond donors (Lipinski definition) is 3. The molecule has 3 aromatic carbocycles. The van der Waals surface area contributed by atoms with E-state index in [1.165, 1.54) is 13.8 Å². The normalized spacial score (nSPS) is 31.0. The fourth-order valence-electron chi connectivity index (χ4n) is 10.3. The van der Waals surface area contributed by atoms with Gasteiger partial charge in [-0.2, -0.15) is 0 Å². The van der Waals surface area contributed by atoms with E-state index in [9.17, 15) is 34.2 Å². The van der Waals surface area contributed by atoms with E-state index >= 15 is 4.79 Å². The third-order valence-corrected chi connectivity index (χ3v) is 13.3.